The molecule has 3 rings (SSSR count). The van der Waals surface area contributed by atoms with Gasteiger partial charge in [-0.2, -0.15) is 0 Å². The van der Waals surface area contributed by atoms with Crippen LogP contribution in [0.2, 0.25) is 0 Å². The molecule has 4 amide bonds. The number of unbranched alkanes of at least 4 members (excludes halogenated alkanes) is 1. The quantitative estimate of drug-likeness (QED) is 0.0788. The van der Waals surface area contributed by atoms with Gasteiger partial charge in [-0.1, -0.05) is 48.5 Å². The van der Waals surface area contributed by atoms with E-state index in [9.17, 15) is 24.0 Å². The van der Waals surface area contributed by atoms with Gasteiger partial charge in [0.25, 0.3) is 0 Å². The SMILES string of the molecule is COCCOCCOCCOCCC(=O)NCCCC[C@H](NC(=O)OCC1c2ccccc2-c2ccccc21)C(=O)NCCNC(=O)COCC(=O)O. The van der Waals surface area contributed by atoms with Gasteiger partial charge >= 0.3 is 12.1 Å². The molecule has 0 saturated heterocycles. The molecule has 0 bridgehead atoms. The summed E-state index contributed by atoms with van der Waals surface area (Å²) in [6.45, 7) is 2.51. The second kappa shape index (κ2) is 25.4. The van der Waals surface area contributed by atoms with Crippen molar-refractivity contribution in [2.45, 2.75) is 37.6 Å². The molecule has 16 heteroatoms. The Morgan fingerprint density at radius 2 is 1.26 bits per heavy atom. The molecule has 0 spiro atoms. The average molecular weight is 745 g/mol. The van der Waals surface area contributed by atoms with Gasteiger partial charge in [-0.05, 0) is 41.5 Å². The largest absolute Gasteiger partial charge is 0.480 e. The standard InChI is InChI=1S/C37H52N4O12/c1-48-18-19-50-22-23-51-21-20-49-17-13-33(42)38-14-7-6-12-32(36(46)40-16-15-39-34(43)25-52-26-35(44)45)41-37(47)53-24-31-29-10-4-2-8-27(29)28-9-3-5-11-30(28)31/h2-5,8-11,31-32H,6-7,12-26H2,1H3,(H,38,42)(H,39,43)(H,40,46)(H,41,47)(H,44,45)/t32-/m0/s1. The number of carbonyl (C=O) groups excluding carboxylic acids is 4. The second-order valence-electron chi connectivity index (χ2n) is 12.0. The summed E-state index contributed by atoms with van der Waals surface area (Å²) in [5.41, 5.74) is 4.31. The number of methoxy groups -OCH3 is 1. The number of ether oxygens (including phenoxy) is 6. The molecule has 2 aromatic rings. The number of alkyl carbamates (subject to hydrolysis) is 1. The van der Waals surface area contributed by atoms with E-state index >= 15 is 0 Å². The van der Waals surface area contributed by atoms with Gasteiger partial charge in [0, 0.05) is 39.1 Å². The van der Waals surface area contributed by atoms with E-state index in [1.807, 2.05) is 48.5 Å². The maximum atomic E-state index is 13.1. The second-order valence-corrected chi connectivity index (χ2v) is 12.0. The fourth-order valence-electron chi connectivity index (χ4n) is 5.48. The lowest BCUT2D eigenvalue weighted by Gasteiger charge is -2.20. The van der Waals surface area contributed by atoms with Crippen LogP contribution in [0.5, 0.6) is 0 Å². The third-order valence-corrected chi connectivity index (χ3v) is 8.05. The van der Waals surface area contributed by atoms with E-state index in [4.69, 9.17) is 33.5 Å². The van der Waals surface area contributed by atoms with Gasteiger partial charge in [0.05, 0.1) is 46.2 Å². The molecule has 0 radical (unpaired) electrons. The van der Waals surface area contributed by atoms with Crippen LogP contribution in [-0.4, -0.2) is 134 Å². The summed E-state index contributed by atoms with van der Waals surface area (Å²) in [5, 5.41) is 19.3. The zero-order valence-electron chi connectivity index (χ0n) is 30.2. The van der Waals surface area contributed by atoms with Gasteiger partial charge < -0.3 is 54.8 Å². The summed E-state index contributed by atoms with van der Waals surface area (Å²) in [6, 6.07) is 15.0. The molecule has 53 heavy (non-hydrogen) atoms. The number of carboxylic acids is 1. The van der Waals surface area contributed by atoms with Crippen LogP contribution in [0.1, 0.15) is 42.7 Å². The van der Waals surface area contributed by atoms with Crippen molar-refractivity contribution in [1.82, 2.24) is 21.3 Å². The van der Waals surface area contributed by atoms with Crippen molar-refractivity contribution in [2.24, 2.45) is 0 Å². The predicted octanol–water partition coefficient (Wildman–Crippen LogP) is 1.60. The summed E-state index contributed by atoms with van der Waals surface area (Å²) in [7, 11) is 1.61. The van der Waals surface area contributed by atoms with Crippen molar-refractivity contribution in [1.29, 1.82) is 0 Å². The highest BCUT2D eigenvalue weighted by Crippen LogP contribution is 2.44. The number of carbonyl (C=O) groups is 5. The number of aliphatic carboxylic acids is 1. The number of benzene rings is 2. The molecule has 0 fully saturated rings. The normalized spacial score (nSPS) is 12.3. The van der Waals surface area contributed by atoms with E-state index in [0.29, 0.717) is 59.0 Å². The van der Waals surface area contributed by atoms with Gasteiger partial charge in [-0.3, -0.25) is 14.4 Å². The van der Waals surface area contributed by atoms with E-state index in [1.165, 1.54) is 0 Å². The molecule has 1 aliphatic carbocycles. The Hall–Kier alpha value is -4.61. The van der Waals surface area contributed by atoms with Crippen LogP contribution < -0.4 is 21.3 Å². The van der Waals surface area contributed by atoms with Crippen LogP contribution >= 0.6 is 0 Å². The van der Waals surface area contributed by atoms with Crippen molar-refractivity contribution >= 4 is 29.8 Å². The van der Waals surface area contributed by atoms with Crippen LogP contribution in [0, 0.1) is 0 Å². The maximum Gasteiger partial charge on any atom is 0.407 e. The minimum absolute atomic E-state index is 0.0555. The molecule has 0 aromatic heterocycles. The van der Waals surface area contributed by atoms with Crippen molar-refractivity contribution in [3.8, 4) is 11.1 Å². The van der Waals surface area contributed by atoms with E-state index in [0.717, 1.165) is 22.3 Å². The highest BCUT2D eigenvalue weighted by atomic mass is 16.6. The Balaban J connectivity index is 1.39. The number of fused-ring (bicyclic) bond motifs is 3. The lowest BCUT2D eigenvalue weighted by atomic mass is 9.98. The van der Waals surface area contributed by atoms with Crippen LogP contribution in [0.4, 0.5) is 4.79 Å². The summed E-state index contributed by atoms with van der Waals surface area (Å²) < 4.78 is 31.4. The Labute approximate surface area is 309 Å². The fourth-order valence-corrected chi connectivity index (χ4v) is 5.48. The van der Waals surface area contributed by atoms with Gasteiger partial charge in [0.1, 0.15) is 25.9 Å². The average Bonchev–Trinajstić information content (AvgIpc) is 3.47. The van der Waals surface area contributed by atoms with Crippen molar-refractivity contribution in [3.63, 3.8) is 0 Å². The van der Waals surface area contributed by atoms with E-state index < -0.39 is 43.1 Å². The molecule has 5 N–H and O–H groups in total. The third-order valence-electron chi connectivity index (χ3n) is 8.05. The molecular formula is C37H52N4O12. The molecule has 2 aromatic carbocycles. The summed E-state index contributed by atoms with van der Waals surface area (Å²) >= 11 is 0. The fraction of sp³-hybridized carbons (Fsp3) is 0.541. The Morgan fingerprint density at radius 1 is 0.679 bits per heavy atom. The number of carboxylic acid groups (broad SMARTS) is 1. The highest BCUT2D eigenvalue weighted by Gasteiger charge is 2.29. The number of hydrogen-bond donors (Lipinski definition) is 5. The van der Waals surface area contributed by atoms with Crippen LogP contribution in [-0.2, 0) is 47.6 Å². The highest BCUT2D eigenvalue weighted by molar-refractivity contribution is 5.86. The number of nitrogens with one attached hydrogen (secondary N) is 4. The first kappa shape index (κ1) is 42.8. The summed E-state index contributed by atoms with van der Waals surface area (Å²) in [5.74, 6) is -2.52. The van der Waals surface area contributed by atoms with Crippen LogP contribution in [0.25, 0.3) is 11.1 Å². The third kappa shape index (κ3) is 16.7. The summed E-state index contributed by atoms with van der Waals surface area (Å²) in [6.07, 6.45) is 0.765. The topological polar surface area (TPSA) is 209 Å². The van der Waals surface area contributed by atoms with Gasteiger partial charge in [-0.25, -0.2) is 9.59 Å². The minimum atomic E-state index is -1.19. The minimum Gasteiger partial charge on any atom is -0.480 e. The molecule has 16 nitrogen and oxygen atoms in total. The first-order valence-electron chi connectivity index (χ1n) is 17.7. The van der Waals surface area contributed by atoms with E-state index in [2.05, 4.69) is 21.3 Å². The molecule has 0 heterocycles. The molecule has 292 valence electrons. The van der Waals surface area contributed by atoms with Gasteiger partial charge in [0.2, 0.25) is 17.7 Å². The van der Waals surface area contributed by atoms with Crippen molar-refractivity contribution in [2.75, 3.05) is 92.8 Å². The van der Waals surface area contributed by atoms with Gasteiger partial charge in [0.15, 0.2) is 0 Å². The Bertz CT molecular complexity index is 1400. The van der Waals surface area contributed by atoms with E-state index in [1.54, 1.807) is 7.11 Å². The first-order chi connectivity index (χ1) is 25.8. The zero-order valence-corrected chi connectivity index (χ0v) is 30.2. The molecule has 1 aliphatic rings. The van der Waals surface area contributed by atoms with E-state index in [-0.39, 0.29) is 51.0 Å². The number of hydrogen-bond acceptors (Lipinski definition) is 11. The molecule has 0 saturated carbocycles. The lowest BCUT2D eigenvalue weighted by Crippen LogP contribution is -2.48. The van der Waals surface area contributed by atoms with Crippen LogP contribution in [0.3, 0.4) is 0 Å². The van der Waals surface area contributed by atoms with Crippen molar-refractivity contribution in [3.05, 3.63) is 59.7 Å². The molecule has 1 atom stereocenters. The maximum absolute atomic E-state index is 13.1. The first-order valence-corrected chi connectivity index (χ1v) is 17.7. The summed E-state index contributed by atoms with van der Waals surface area (Å²) in [4.78, 5) is 60.7. The molecule has 0 aliphatic heterocycles. The number of amides is 4. The molecule has 0 unspecified atom stereocenters. The van der Waals surface area contributed by atoms with Gasteiger partial charge in [-0.15, -0.1) is 0 Å². The Morgan fingerprint density at radius 3 is 1.91 bits per heavy atom. The predicted molar refractivity (Wildman–Crippen MR) is 192 cm³/mol. The van der Waals surface area contributed by atoms with Crippen molar-refractivity contribution < 1.29 is 57.5 Å². The lowest BCUT2D eigenvalue weighted by molar-refractivity contribution is -0.143. The monoisotopic (exact) mass is 744 g/mol. The molecular weight excluding hydrogens is 692 g/mol. The van der Waals surface area contributed by atoms with Crippen LogP contribution in [0.15, 0.2) is 48.5 Å². The zero-order chi connectivity index (χ0) is 38.1. The smallest absolute Gasteiger partial charge is 0.407 e. The Kier molecular flexibility index (Phi) is 20.5. The number of rotatable bonds is 28.